The molecule has 0 bridgehead atoms. The number of hydrogen-bond acceptors (Lipinski definition) is 4. The average molecular weight is 236 g/mol. The van der Waals surface area contributed by atoms with Gasteiger partial charge in [-0.15, -0.1) is 0 Å². The van der Waals surface area contributed by atoms with E-state index in [1.54, 1.807) is 25.1 Å². The summed E-state index contributed by atoms with van der Waals surface area (Å²) in [6, 6.07) is 4.97. The van der Waals surface area contributed by atoms with Crippen LogP contribution in [-0.4, -0.2) is 18.1 Å². The van der Waals surface area contributed by atoms with Gasteiger partial charge < -0.3 is 10.1 Å². The summed E-state index contributed by atoms with van der Waals surface area (Å²) in [5, 5.41) is 14.0. The van der Waals surface area contributed by atoms with Gasteiger partial charge in [0.05, 0.1) is 11.5 Å². The summed E-state index contributed by atoms with van der Waals surface area (Å²) in [5.41, 5.74) is 1.32. The van der Waals surface area contributed by atoms with Crippen LogP contribution in [0, 0.1) is 10.1 Å². The molecule has 5 heteroatoms. The zero-order valence-corrected chi connectivity index (χ0v) is 10.0. The lowest BCUT2D eigenvalue weighted by atomic mass is 10.2. The van der Waals surface area contributed by atoms with Gasteiger partial charge >= 0.3 is 5.69 Å². The molecule has 1 aromatic carbocycles. The van der Waals surface area contributed by atoms with E-state index in [-0.39, 0.29) is 11.4 Å². The van der Waals surface area contributed by atoms with Crippen LogP contribution in [0.2, 0.25) is 0 Å². The molecule has 0 unspecified atom stereocenters. The van der Waals surface area contributed by atoms with Crippen molar-refractivity contribution in [2.45, 2.75) is 13.8 Å². The molecular formula is C12H16N2O3. The summed E-state index contributed by atoms with van der Waals surface area (Å²) in [7, 11) is 0. The van der Waals surface area contributed by atoms with E-state index in [9.17, 15) is 10.1 Å². The first-order valence-corrected chi connectivity index (χ1v) is 5.34. The zero-order chi connectivity index (χ0) is 12.8. The highest BCUT2D eigenvalue weighted by Crippen LogP contribution is 2.34. The van der Waals surface area contributed by atoms with E-state index in [0.29, 0.717) is 18.8 Å². The molecule has 0 amide bonds. The molecule has 0 heterocycles. The normalized spacial score (nSPS) is 9.76. The van der Waals surface area contributed by atoms with E-state index in [1.807, 2.05) is 6.92 Å². The number of anilines is 1. The molecule has 1 aromatic rings. The van der Waals surface area contributed by atoms with Gasteiger partial charge in [-0.3, -0.25) is 10.1 Å². The number of para-hydroxylation sites is 1. The Morgan fingerprint density at radius 2 is 2.29 bits per heavy atom. The number of nitrogens with one attached hydrogen (secondary N) is 1. The summed E-state index contributed by atoms with van der Waals surface area (Å²) < 4.78 is 5.24. The molecule has 5 nitrogen and oxygen atoms in total. The highest BCUT2D eigenvalue weighted by molar-refractivity contribution is 5.68. The monoisotopic (exact) mass is 236 g/mol. The van der Waals surface area contributed by atoms with E-state index in [1.165, 1.54) is 0 Å². The minimum atomic E-state index is -0.439. The maximum absolute atomic E-state index is 11.0. The predicted molar refractivity (Wildman–Crippen MR) is 67.6 cm³/mol. The van der Waals surface area contributed by atoms with E-state index < -0.39 is 4.92 Å². The van der Waals surface area contributed by atoms with Gasteiger partial charge in [0, 0.05) is 6.54 Å². The van der Waals surface area contributed by atoms with Crippen molar-refractivity contribution < 1.29 is 9.66 Å². The van der Waals surface area contributed by atoms with E-state index >= 15 is 0 Å². The molecule has 1 rings (SSSR count). The number of ether oxygens (including phenoxy) is 1. The third kappa shape index (κ3) is 3.48. The summed E-state index contributed by atoms with van der Waals surface area (Å²) in [6.07, 6.45) is 0. The lowest BCUT2D eigenvalue weighted by Gasteiger charge is -2.10. The van der Waals surface area contributed by atoms with Crippen LogP contribution in [-0.2, 0) is 0 Å². The van der Waals surface area contributed by atoms with Crippen molar-refractivity contribution in [3.8, 4) is 5.75 Å². The number of nitro benzene ring substituents is 1. The average Bonchev–Trinajstić information content (AvgIpc) is 2.26. The van der Waals surface area contributed by atoms with Crippen LogP contribution in [0.4, 0.5) is 11.4 Å². The van der Waals surface area contributed by atoms with Crippen LogP contribution in [0.1, 0.15) is 13.8 Å². The summed E-state index contributed by atoms with van der Waals surface area (Å²) in [4.78, 5) is 10.6. The Morgan fingerprint density at radius 3 is 2.82 bits per heavy atom. The molecule has 0 aromatic heterocycles. The fourth-order valence-electron chi connectivity index (χ4n) is 1.37. The van der Waals surface area contributed by atoms with Crippen molar-refractivity contribution in [1.82, 2.24) is 0 Å². The Balaban J connectivity index is 3.06. The standard InChI is InChI=1S/C12H16N2O3/c1-4-17-11-7-5-6-10(12(11)14(15)16)13-8-9(2)3/h5-7,13H,2,4,8H2,1,3H3. The number of rotatable bonds is 6. The van der Waals surface area contributed by atoms with Gasteiger partial charge in [-0.05, 0) is 26.0 Å². The molecule has 1 N–H and O–H groups in total. The van der Waals surface area contributed by atoms with Crippen LogP contribution < -0.4 is 10.1 Å². The molecule has 0 saturated heterocycles. The Hall–Kier alpha value is -2.04. The lowest BCUT2D eigenvalue weighted by Crippen LogP contribution is -2.06. The second-order valence-corrected chi connectivity index (χ2v) is 3.65. The topological polar surface area (TPSA) is 64.4 Å². The van der Waals surface area contributed by atoms with Crippen LogP contribution in [0.15, 0.2) is 30.4 Å². The molecule has 0 atom stereocenters. The van der Waals surface area contributed by atoms with Gasteiger partial charge in [0.1, 0.15) is 5.69 Å². The maximum atomic E-state index is 11.0. The largest absolute Gasteiger partial charge is 0.487 e. The maximum Gasteiger partial charge on any atom is 0.333 e. The Labute approximate surface area is 100 Å². The molecule has 0 spiro atoms. The van der Waals surface area contributed by atoms with E-state index in [4.69, 9.17) is 4.74 Å². The fourth-order valence-corrected chi connectivity index (χ4v) is 1.37. The van der Waals surface area contributed by atoms with Crippen molar-refractivity contribution in [1.29, 1.82) is 0 Å². The predicted octanol–water partition coefficient (Wildman–Crippen LogP) is 2.98. The first-order valence-electron chi connectivity index (χ1n) is 5.34. The third-order valence-corrected chi connectivity index (χ3v) is 2.06. The van der Waals surface area contributed by atoms with Crippen molar-refractivity contribution in [3.05, 3.63) is 40.5 Å². The van der Waals surface area contributed by atoms with Gasteiger partial charge in [-0.2, -0.15) is 0 Å². The number of nitro groups is 1. The van der Waals surface area contributed by atoms with Crippen molar-refractivity contribution in [2.24, 2.45) is 0 Å². The van der Waals surface area contributed by atoms with Crippen LogP contribution in [0.3, 0.4) is 0 Å². The van der Waals surface area contributed by atoms with E-state index in [2.05, 4.69) is 11.9 Å². The lowest BCUT2D eigenvalue weighted by molar-refractivity contribution is -0.384. The van der Waals surface area contributed by atoms with Crippen LogP contribution >= 0.6 is 0 Å². The minimum Gasteiger partial charge on any atom is -0.487 e. The van der Waals surface area contributed by atoms with Crippen molar-refractivity contribution in [2.75, 3.05) is 18.5 Å². The molecule has 0 radical (unpaired) electrons. The summed E-state index contributed by atoms with van der Waals surface area (Å²) >= 11 is 0. The van der Waals surface area contributed by atoms with Crippen molar-refractivity contribution >= 4 is 11.4 Å². The fraction of sp³-hybridized carbons (Fsp3) is 0.333. The smallest absolute Gasteiger partial charge is 0.333 e. The van der Waals surface area contributed by atoms with Gasteiger partial charge in [0.15, 0.2) is 5.75 Å². The Bertz CT molecular complexity index is 430. The molecule has 0 fully saturated rings. The molecule has 0 aliphatic carbocycles. The van der Waals surface area contributed by atoms with Gasteiger partial charge in [-0.1, -0.05) is 18.2 Å². The van der Waals surface area contributed by atoms with Gasteiger partial charge in [0.25, 0.3) is 0 Å². The first kappa shape index (κ1) is 13.0. The Morgan fingerprint density at radius 1 is 1.59 bits per heavy atom. The van der Waals surface area contributed by atoms with Gasteiger partial charge in [0.2, 0.25) is 0 Å². The van der Waals surface area contributed by atoms with Crippen LogP contribution in [0.5, 0.6) is 5.75 Å². The number of hydrogen-bond donors (Lipinski definition) is 1. The quantitative estimate of drug-likeness (QED) is 0.468. The number of benzene rings is 1. The molecule has 0 saturated carbocycles. The number of nitrogens with zero attached hydrogens (tertiary/aromatic N) is 1. The summed E-state index contributed by atoms with van der Waals surface area (Å²) in [6.45, 7) is 8.27. The SMILES string of the molecule is C=C(C)CNc1cccc(OCC)c1[N+](=O)[O-]. The van der Waals surface area contributed by atoms with Crippen molar-refractivity contribution in [3.63, 3.8) is 0 Å². The molecule has 17 heavy (non-hydrogen) atoms. The van der Waals surface area contributed by atoms with E-state index in [0.717, 1.165) is 5.57 Å². The highest BCUT2D eigenvalue weighted by atomic mass is 16.6. The van der Waals surface area contributed by atoms with Gasteiger partial charge in [-0.25, -0.2) is 0 Å². The third-order valence-electron chi connectivity index (χ3n) is 2.06. The molecular weight excluding hydrogens is 220 g/mol. The zero-order valence-electron chi connectivity index (χ0n) is 10.0. The molecule has 0 aliphatic rings. The second-order valence-electron chi connectivity index (χ2n) is 3.65. The minimum absolute atomic E-state index is 0.0319. The highest BCUT2D eigenvalue weighted by Gasteiger charge is 2.20. The molecule has 0 aliphatic heterocycles. The second kappa shape index (κ2) is 5.89. The first-order chi connectivity index (χ1) is 8.06. The molecule has 92 valence electrons. The Kier molecular flexibility index (Phi) is 4.51. The summed E-state index contributed by atoms with van der Waals surface area (Å²) in [5.74, 6) is 0.282. The van der Waals surface area contributed by atoms with Crippen LogP contribution in [0.25, 0.3) is 0 Å².